The zero-order valence-corrected chi connectivity index (χ0v) is 12.3. The molecule has 0 atom stereocenters. The molecule has 0 saturated heterocycles. The van der Waals surface area contributed by atoms with Gasteiger partial charge in [0, 0.05) is 17.1 Å². The molecule has 0 saturated carbocycles. The van der Waals surface area contributed by atoms with Crippen molar-refractivity contribution in [3.05, 3.63) is 64.8 Å². The third kappa shape index (κ3) is 3.03. The predicted molar refractivity (Wildman–Crippen MR) is 82.7 cm³/mol. The summed E-state index contributed by atoms with van der Waals surface area (Å²) in [5.41, 5.74) is 0.120. The van der Waals surface area contributed by atoms with Crippen molar-refractivity contribution in [2.45, 2.75) is 6.18 Å². The number of nitrogens with one attached hydrogen (secondary N) is 2. The molecule has 2 aromatic carbocycles. The van der Waals surface area contributed by atoms with Gasteiger partial charge in [0.05, 0.1) is 21.8 Å². The standard InChI is InChI=1S/C16H10ClF3N2O/c17-12-6-5-9(16(18,19)20)7-14(12)22-15(23)11-8-21-13-4-2-1-3-10(11)13/h1-8,21H,(H,22,23). The second kappa shape index (κ2) is 5.62. The fourth-order valence-electron chi connectivity index (χ4n) is 2.25. The topological polar surface area (TPSA) is 44.9 Å². The molecule has 7 heteroatoms. The number of alkyl halides is 3. The van der Waals surface area contributed by atoms with Gasteiger partial charge < -0.3 is 10.3 Å². The minimum atomic E-state index is -4.51. The van der Waals surface area contributed by atoms with Crippen LogP contribution >= 0.6 is 11.6 Å². The summed E-state index contributed by atoms with van der Waals surface area (Å²) in [5, 5.41) is 3.13. The van der Waals surface area contributed by atoms with Crippen molar-refractivity contribution in [1.82, 2.24) is 4.98 Å². The van der Waals surface area contributed by atoms with Crippen molar-refractivity contribution in [3.63, 3.8) is 0 Å². The molecule has 23 heavy (non-hydrogen) atoms. The molecular weight excluding hydrogens is 329 g/mol. The number of amides is 1. The number of para-hydroxylation sites is 1. The molecule has 1 amide bonds. The number of aromatic nitrogens is 1. The van der Waals surface area contributed by atoms with Crippen LogP contribution in [0.15, 0.2) is 48.7 Å². The van der Waals surface area contributed by atoms with E-state index in [2.05, 4.69) is 10.3 Å². The van der Waals surface area contributed by atoms with Gasteiger partial charge in [0.2, 0.25) is 0 Å². The Bertz CT molecular complexity index is 886. The first-order valence-corrected chi connectivity index (χ1v) is 6.98. The van der Waals surface area contributed by atoms with Crippen LogP contribution in [-0.2, 0) is 6.18 Å². The summed E-state index contributed by atoms with van der Waals surface area (Å²) in [6.45, 7) is 0. The molecule has 0 spiro atoms. The quantitative estimate of drug-likeness (QED) is 0.671. The minimum absolute atomic E-state index is 0.0335. The highest BCUT2D eigenvalue weighted by Gasteiger charge is 2.31. The third-order valence-electron chi connectivity index (χ3n) is 3.38. The average Bonchev–Trinajstić information content (AvgIpc) is 2.92. The Balaban J connectivity index is 1.94. The van der Waals surface area contributed by atoms with Crippen molar-refractivity contribution in [1.29, 1.82) is 0 Å². The molecule has 1 heterocycles. The van der Waals surface area contributed by atoms with Gasteiger partial charge in [0.1, 0.15) is 0 Å². The summed E-state index contributed by atoms with van der Waals surface area (Å²) in [7, 11) is 0. The van der Waals surface area contributed by atoms with Gasteiger partial charge in [0.25, 0.3) is 5.91 Å². The maximum absolute atomic E-state index is 12.8. The highest BCUT2D eigenvalue weighted by molar-refractivity contribution is 6.34. The lowest BCUT2D eigenvalue weighted by Gasteiger charge is -2.11. The SMILES string of the molecule is O=C(Nc1cc(C(F)(F)F)ccc1Cl)c1c[nH]c2ccccc12. The summed E-state index contributed by atoms with van der Waals surface area (Å²) in [5.74, 6) is -0.538. The van der Waals surface area contributed by atoms with E-state index < -0.39 is 17.6 Å². The molecule has 118 valence electrons. The number of fused-ring (bicyclic) bond motifs is 1. The molecule has 0 fully saturated rings. The molecule has 0 aliphatic heterocycles. The first-order chi connectivity index (χ1) is 10.9. The van der Waals surface area contributed by atoms with Gasteiger partial charge in [0.15, 0.2) is 0 Å². The largest absolute Gasteiger partial charge is 0.416 e. The van der Waals surface area contributed by atoms with Gasteiger partial charge in [-0.25, -0.2) is 0 Å². The number of benzene rings is 2. The Hall–Kier alpha value is -2.47. The molecule has 3 nitrogen and oxygen atoms in total. The van der Waals surface area contributed by atoms with Crippen LogP contribution in [0.5, 0.6) is 0 Å². The van der Waals surface area contributed by atoms with Crippen molar-refractivity contribution in [2.24, 2.45) is 0 Å². The van der Waals surface area contributed by atoms with Crippen LogP contribution < -0.4 is 5.32 Å². The summed E-state index contributed by atoms with van der Waals surface area (Å²) in [4.78, 5) is 15.3. The van der Waals surface area contributed by atoms with E-state index >= 15 is 0 Å². The first kappa shape index (κ1) is 15.4. The Morgan fingerprint density at radius 3 is 2.61 bits per heavy atom. The lowest BCUT2D eigenvalue weighted by Crippen LogP contribution is -2.13. The second-order valence-corrected chi connectivity index (χ2v) is 5.30. The lowest BCUT2D eigenvalue weighted by atomic mass is 10.1. The van der Waals surface area contributed by atoms with Crippen LogP contribution in [0.25, 0.3) is 10.9 Å². The predicted octanol–water partition coefficient (Wildman–Crippen LogP) is 5.09. The molecule has 0 aliphatic carbocycles. The maximum atomic E-state index is 12.8. The summed E-state index contributed by atoms with van der Waals surface area (Å²) in [6.07, 6.45) is -3.01. The van der Waals surface area contributed by atoms with E-state index in [1.165, 1.54) is 6.20 Å². The van der Waals surface area contributed by atoms with Crippen molar-refractivity contribution < 1.29 is 18.0 Å². The van der Waals surface area contributed by atoms with Gasteiger partial charge in [-0.1, -0.05) is 29.8 Å². The molecule has 3 rings (SSSR count). The van der Waals surface area contributed by atoms with E-state index in [9.17, 15) is 18.0 Å². The number of hydrogen-bond donors (Lipinski definition) is 2. The van der Waals surface area contributed by atoms with E-state index in [4.69, 9.17) is 11.6 Å². The van der Waals surface area contributed by atoms with Gasteiger partial charge in [-0.05, 0) is 24.3 Å². The Morgan fingerprint density at radius 1 is 1.13 bits per heavy atom. The summed E-state index contributed by atoms with van der Waals surface area (Å²) < 4.78 is 38.3. The van der Waals surface area contributed by atoms with E-state index in [0.717, 1.165) is 23.7 Å². The van der Waals surface area contributed by atoms with Crippen LogP contribution in [0, 0.1) is 0 Å². The summed E-state index contributed by atoms with van der Waals surface area (Å²) >= 11 is 5.88. The van der Waals surface area contributed by atoms with Crippen LogP contribution in [0.3, 0.4) is 0 Å². The number of H-pyrrole nitrogens is 1. The smallest absolute Gasteiger partial charge is 0.360 e. The van der Waals surface area contributed by atoms with Gasteiger partial charge in [-0.3, -0.25) is 4.79 Å². The van der Waals surface area contributed by atoms with E-state index in [0.29, 0.717) is 10.9 Å². The summed E-state index contributed by atoms with van der Waals surface area (Å²) in [6, 6.07) is 9.90. The van der Waals surface area contributed by atoms with E-state index in [-0.39, 0.29) is 10.7 Å². The molecule has 0 bridgehead atoms. The molecule has 2 N–H and O–H groups in total. The van der Waals surface area contributed by atoms with Crippen molar-refractivity contribution >= 4 is 34.1 Å². The minimum Gasteiger partial charge on any atom is -0.360 e. The van der Waals surface area contributed by atoms with Gasteiger partial charge in [-0.2, -0.15) is 13.2 Å². The second-order valence-electron chi connectivity index (χ2n) is 4.89. The molecule has 0 unspecified atom stereocenters. The highest BCUT2D eigenvalue weighted by atomic mass is 35.5. The molecular formula is C16H10ClF3N2O. The number of halogens is 4. The third-order valence-corrected chi connectivity index (χ3v) is 3.71. The molecule has 0 radical (unpaired) electrons. The lowest BCUT2D eigenvalue weighted by molar-refractivity contribution is -0.137. The van der Waals surface area contributed by atoms with E-state index in [1.54, 1.807) is 18.2 Å². The van der Waals surface area contributed by atoms with Gasteiger partial charge in [-0.15, -0.1) is 0 Å². The highest BCUT2D eigenvalue weighted by Crippen LogP contribution is 2.34. The average molecular weight is 339 g/mol. The molecule has 0 aliphatic rings. The van der Waals surface area contributed by atoms with Crippen molar-refractivity contribution in [2.75, 3.05) is 5.32 Å². The van der Waals surface area contributed by atoms with Crippen LogP contribution in [0.1, 0.15) is 15.9 Å². The number of rotatable bonds is 2. The first-order valence-electron chi connectivity index (χ1n) is 6.60. The Kier molecular flexibility index (Phi) is 3.77. The fraction of sp³-hybridized carbons (Fsp3) is 0.0625. The number of hydrogen-bond acceptors (Lipinski definition) is 1. The van der Waals surface area contributed by atoms with Crippen LogP contribution in [0.2, 0.25) is 5.02 Å². The van der Waals surface area contributed by atoms with Crippen LogP contribution in [-0.4, -0.2) is 10.9 Å². The molecule has 1 aromatic heterocycles. The van der Waals surface area contributed by atoms with E-state index in [1.807, 2.05) is 6.07 Å². The van der Waals surface area contributed by atoms with Crippen molar-refractivity contribution in [3.8, 4) is 0 Å². The number of aromatic amines is 1. The monoisotopic (exact) mass is 338 g/mol. The number of anilines is 1. The molecule has 3 aromatic rings. The maximum Gasteiger partial charge on any atom is 0.416 e. The zero-order chi connectivity index (χ0) is 16.6. The Labute approximate surface area is 134 Å². The van der Waals surface area contributed by atoms with Crippen LogP contribution in [0.4, 0.5) is 18.9 Å². The number of carbonyl (C=O) groups excluding carboxylic acids is 1. The normalized spacial score (nSPS) is 11.7. The zero-order valence-electron chi connectivity index (χ0n) is 11.5. The number of carbonyl (C=O) groups is 1. The van der Waals surface area contributed by atoms with Gasteiger partial charge >= 0.3 is 6.18 Å². The Morgan fingerprint density at radius 2 is 1.87 bits per heavy atom. The fourth-order valence-corrected chi connectivity index (χ4v) is 2.41.